The molecule has 8 nitrogen and oxygen atoms in total. The Hall–Kier alpha value is -1.09. The number of hydrogen-bond donors (Lipinski definition) is 1. The lowest BCUT2D eigenvalue weighted by Gasteiger charge is -2.32. The second-order valence-corrected chi connectivity index (χ2v) is 8.28. The molecule has 2 unspecified atom stereocenters. The van der Waals surface area contributed by atoms with E-state index in [2.05, 4.69) is 11.6 Å². The molecule has 23 heavy (non-hydrogen) atoms. The summed E-state index contributed by atoms with van der Waals surface area (Å²) in [6.07, 6.45) is 2.29. The summed E-state index contributed by atoms with van der Waals surface area (Å²) in [7, 11) is 0. The van der Waals surface area contributed by atoms with Crippen LogP contribution < -0.4 is 11.2 Å². The zero-order chi connectivity index (χ0) is 16.6. The predicted molar refractivity (Wildman–Crippen MR) is 85.8 cm³/mol. The molecule has 0 saturated carbocycles. The summed E-state index contributed by atoms with van der Waals surface area (Å²) in [5, 5.41) is 0. The van der Waals surface area contributed by atoms with Crippen molar-refractivity contribution in [2.45, 2.75) is 31.8 Å². The Morgan fingerprint density at radius 2 is 2.35 bits per heavy atom. The monoisotopic (exact) mass is 360 g/mol. The summed E-state index contributed by atoms with van der Waals surface area (Å²) in [4.78, 5) is 25.7. The van der Waals surface area contributed by atoms with Crippen molar-refractivity contribution < 1.29 is 18.3 Å². The Labute approximate surface area is 137 Å². The molecular weight excluding hydrogens is 343 g/mol. The Bertz CT molecular complexity index is 774. The highest BCUT2D eigenvalue weighted by Crippen LogP contribution is 2.56. The van der Waals surface area contributed by atoms with Crippen LogP contribution in [0.3, 0.4) is 0 Å². The molecule has 3 rings (SSSR count). The summed E-state index contributed by atoms with van der Waals surface area (Å²) in [5.74, 6) is 0. The number of aromatic nitrogens is 2. The van der Waals surface area contributed by atoms with Crippen LogP contribution in [0.2, 0.25) is 0 Å². The van der Waals surface area contributed by atoms with Crippen molar-refractivity contribution >= 4 is 18.5 Å². The summed E-state index contributed by atoms with van der Waals surface area (Å²) >= 11 is 5.29. The zero-order valence-corrected chi connectivity index (χ0v) is 14.2. The van der Waals surface area contributed by atoms with E-state index >= 15 is 0 Å². The topological polar surface area (TPSA) is 91.8 Å². The van der Waals surface area contributed by atoms with Gasteiger partial charge >= 0.3 is 12.4 Å². The van der Waals surface area contributed by atoms with Gasteiger partial charge < -0.3 is 18.3 Å². The van der Waals surface area contributed by atoms with Gasteiger partial charge in [-0.25, -0.2) is 4.79 Å². The third-order valence-electron chi connectivity index (χ3n) is 3.65. The second-order valence-electron chi connectivity index (χ2n) is 5.31. The smallest absolute Gasteiger partial charge is 0.330 e. The molecule has 1 N–H and O–H groups in total. The molecule has 0 aliphatic carbocycles. The summed E-state index contributed by atoms with van der Waals surface area (Å²) in [5.41, 5.74) is -0.498. The maximum atomic E-state index is 12.0. The first-order valence-electron chi connectivity index (χ1n) is 7.08. The Morgan fingerprint density at radius 3 is 3.09 bits per heavy atom. The number of ether oxygens (including phenoxy) is 1. The number of aromatic amines is 1. The highest BCUT2D eigenvalue weighted by Gasteiger charge is 2.45. The van der Waals surface area contributed by atoms with Gasteiger partial charge in [0.1, 0.15) is 12.3 Å². The van der Waals surface area contributed by atoms with Crippen LogP contribution in [0.1, 0.15) is 18.2 Å². The minimum atomic E-state index is -2.81. The highest BCUT2D eigenvalue weighted by molar-refractivity contribution is 8.07. The minimum absolute atomic E-state index is 0.243. The fourth-order valence-electron chi connectivity index (χ4n) is 2.50. The molecule has 2 aliphatic heterocycles. The summed E-state index contributed by atoms with van der Waals surface area (Å²) < 4.78 is 23.9. The van der Waals surface area contributed by atoms with E-state index in [4.69, 9.17) is 30.1 Å². The highest BCUT2D eigenvalue weighted by atomic mass is 32.5. The number of fused-ring (bicyclic) bond motifs is 1. The van der Waals surface area contributed by atoms with Crippen molar-refractivity contribution in [1.82, 2.24) is 9.55 Å². The van der Waals surface area contributed by atoms with Crippen LogP contribution in [-0.4, -0.2) is 35.0 Å². The van der Waals surface area contributed by atoms with Crippen molar-refractivity contribution in [2.24, 2.45) is 0 Å². The molecule has 0 radical (unpaired) electrons. The van der Waals surface area contributed by atoms with Gasteiger partial charge in [0.25, 0.3) is 5.56 Å². The van der Waals surface area contributed by atoms with Crippen molar-refractivity contribution in [3.63, 3.8) is 0 Å². The molecule has 0 aromatic carbocycles. The van der Waals surface area contributed by atoms with E-state index in [1.165, 1.54) is 10.8 Å². The maximum Gasteiger partial charge on any atom is 0.330 e. The largest absolute Gasteiger partial charge is 0.349 e. The van der Waals surface area contributed by atoms with Crippen LogP contribution in [0.25, 0.3) is 0 Å². The molecule has 3 heterocycles. The summed E-state index contributed by atoms with van der Waals surface area (Å²) in [6, 6.07) is 0. The first-order chi connectivity index (χ1) is 10.9. The van der Waals surface area contributed by atoms with Gasteiger partial charge in [-0.1, -0.05) is 6.08 Å². The van der Waals surface area contributed by atoms with Crippen molar-refractivity contribution in [2.75, 3.05) is 13.2 Å². The maximum absolute atomic E-state index is 12.0. The molecule has 1 aromatic rings. The molecule has 1 aromatic heterocycles. The lowest BCUT2D eigenvalue weighted by atomic mass is 10.2. The molecule has 2 saturated heterocycles. The Morgan fingerprint density at radius 1 is 1.57 bits per heavy atom. The van der Waals surface area contributed by atoms with Crippen molar-refractivity contribution in [3.05, 3.63) is 45.3 Å². The minimum Gasteiger partial charge on any atom is -0.349 e. The standard InChI is InChI=1S/C13H17N2O6PS/c1-3-4-18-22(23)19-7-10-9(21-22)5-11(20-10)15-6-8(2)12(16)14-13(15)17/h3,6,9-11H,1,4-5,7H2,2H3,(H,14,16,17)/t9?,10-,11-,22?/m1/s1. The molecule has 0 spiro atoms. The van der Waals surface area contributed by atoms with Gasteiger partial charge in [-0.2, -0.15) is 0 Å². The predicted octanol–water partition coefficient (Wildman–Crippen LogP) is 0.975. The molecule has 2 aliphatic rings. The van der Waals surface area contributed by atoms with Crippen LogP contribution >= 0.6 is 6.72 Å². The van der Waals surface area contributed by atoms with Gasteiger partial charge in [0.2, 0.25) is 0 Å². The van der Waals surface area contributed by atoms with Crippen LogP contribution in [0.5, 0.6) is 0 Å². The van der Waals surface area contributed by atoms with Crippen LogP contribution in [0.4, 0.5) is 0 Å². The van der Waals surface area contributed by atoms with E-state index in [0.717, 1.165) is 0 Å². The van der Waals surface area contributed by atoms with Gasteiger partial charge in [-0.05, 0) is 18.7 Å². The number of aryl methyl sites for hydroxylation is 1. The van der Waals surface area contributed by atoms with Crippen LogP contribution in [-0.2, 0) is 30.1 Å². The second kappa shape index (κ2) is 6.43. The van der Waals surface area contributed by atoms with E-state index in [1.807, 2.05) is 0 Å². The van der Waals surface area contributed by atoms with Crippen molar-refractivity contribution in [3.8, 4) is 0 Å². The normalized spacial score (nSPS) is 33.3. The fraction of sp³-hybridized carbons (Fsp3) is 0.538. The SMILES string of the molecule is C=CCOP1(=S)OC[C@H]2O[C@@H](n3cc(C)c(=O)[nH]c3=O)CC2O1. The van der Waals surface area contributed by atoms with E-state index in [1.54, 1.807) is 13.0 Å². The van der Waals surface area contributed by atoms with Gasteiger partial charge in [0.05, 0.1) is 19.3 Å². The zero-order valence-electron chi connectivity index (χ0n) is 12.5. The average molecular weight is 360 g/mol. The quantitative estimate of drug-likeness (QED) is 0.632. The molecule has 4 atom stereocenters. The van der Waals surface area contributed by atoms with Crippen molar-refractivity contribution in [1.29, 1.82) is 0 Å². The molecule has 10 heteroatoms. The Kier molecular flexibility index (Phi) is 4.68. The van der Waals surface area contributed by atoms with Gasteiger partial charge in [0, 0.05) is 18.2 Å². The third-order valence-corrected chi connectivity index (χ3v) is 6.00. The number of rotatable bonds is 4. The van der Waals surface area contributed by atoms with Gasteiger partial charge in [0.15, 0.2) is 0 Å². The number of H-pyrrole nitrogens is 1. The summed E-state index contributed by atoms with van der Waals surface area (Å²) in [6.45, 7) is 2.87. The molecular formula is C13H17N2O6PS. The van der Waals surface area contributed by atoms with Gasteiger partial charge in [-0.15, -0.1) is 6.58 Å². The first kappa shape index (κ1) is 16.8. The van der Waals surface area contributed by atoms with Crippen LogP contribution in [0.15, 0.2) is 28.4 Å². The van der Waals surface area contributed by atoms with E-state index in [9.17, 15) is 9.59 Å². The van der Waals surface area contributed by atoms with Gasteiger partial charge in [-0.3, -0.25) is 14.3 Å². The molecule has 0 bridgehead atoms. The average Bonchev–Trinajstić information content (AvgIpc) is 2.91. The Balaban J connectivity index is 1.77. The number of hydrogen-bond acceptors (Lipinski definition) is 7. The molecule has 2 fully saturated rings. The number of nitrogens with one attached hydrogen (secondary N) is 1. The van der Waals surface area contributed by atoms with E-state index in [-0.39, 0.29) is 25.4 Å². The van der Waals surface area contributed by atoms with E-state index in [0.29, 0.717) is 12.0 Å². The van der Waals surface area contributed by atoms with E-state index < -0.39 is 24.2 Å². The third kappa shape index (κ3) is 3.40. The lowest BCUT2D eigenvalue weighted by molar-refractivity contribution is -0.0624. The number of nitrogens with zero attached hydrogens (tertiary/aromatic N) is 1. The molecule has 0 amide bonds. The van der Waals surface area contributed by atoms with Crippen LogP contribution in [0, 0.1) is 6.92 Å². The molecule has 126 valence electrons. The first-order valence-corrected chi connectivity index (χ1v) is 9.63. The fourth-order valence-corrected chi connectivity index (χ4v) is 4.57. The lowest BCUT2D eigenvalue weighted by Crippen LogP contribution is -2.34.